The Kier molecular flexibility index (Phi) is 43.5. The third-order valence-electron chi connectivity index (χ3n) is 12.6. The molecule has 7 atom stereocenters. The largest absolute Gasteiger partial charge is 0.466 e. The predicted octanol–water partition coefficient (Wildman–Crippen LogP) is 11.9. The fourth-order valence-corrected chi connectivity index (χ4v) is 8.13. The molecule has 1 aliphatic heterocycles. The van der Waals surface area contributed by atoms with Crippen molar-refractivity contribution in [3.05, 3.63) is 60.8 Å². The highest BCUT2D eigenvalue weighted by Crippen LogP contribution is 2.23. The van der Waals surface area contributed by atoms with E-state index in [2.05, 4.69) is 67.8 Å². The summed E-state index contributed by atoms with van der Waals surface area (Å²) in [4.78, 5) is 25.0. The Morgan fingerprint density at radius 2 is 1.01 bits per heavy atom. The zero-order chi connectivity index (χ0) is 49.6. The molecule has 1 amide bonds. The van der Waals surface area contributed by atoms with Gasteiger partial charge in [-0.2, -0.15) is 0 Å². The molecule has 6 N–H and O–H groups in total. The van der Waals surface area contributed by atoms with Gasteiger partial charge in [0.15, 0.2) is 6.29 Å². The Morgan fingerprint density at radius 1 is 0.544 bits per heavy atom. The van der Waals surface area contributed by atoms with Crippen LogP contribution in [0.15, 0.2) is 60.8 Å². The van der Waals surface area contributed by atoms with Gasteiger partial charge >= 0.3 is 5.97 Å². The van der Waals surface area contributed by atoms with E-state index in [1.807, 2.05) is 6.08 Å². The smallest absolute Gasteiger partial charge is 0.305 e. The van der Waals surface area contributed by atoms with Gasteiger partial charge < -0.3 is 45.1 Å². The molecule has 0 aliphatic carbocycles. The highest BCUT2D eigenvalue weighted by Gasteiger charge is 2.44. The van der Waals surface area contributed by atoms with Gasteiger partial charge in [0, 0.05) is 12.8 Å². The number of hydrogen-bond donors (Lipinski definition) is 6. The second-order valence-corrected chi connectivity index (χ2v) is 18.9. The number of amides is 1. The number of carbonyl (C=O) groups is 2. The highest BCUT2D eigenvalue weighted by atomic mass is 16.7. The molecule has 0 aromatic heterocycles. The minimum Gasteiger partial charge on any atom is -0.466 e. The summed E-state index contributed by atoms with van der Waals surface area (Å²) in [6.07, 6.45) is 48.8. The lowest BCUT2D eigenvalue weighted by Gasteiger charge is -2.40. The molecule has 0 saturated carbocycles. The number of aliphatic hydroxyl groups excluding tert-OH is 5. The Morgan fingerprint density at radius 3 is 1.59 bits per heavy atom. The van der Waals surface area contributed by atoms with Crippen LogP contribution in [0.1, 0.15) is 226 Å². The van der Waals surface area contributed by atoms with Crippen molar-refractivity contribution < 1.29 is 49.3 Å². The first kappa shape index (κ1) is 63.4. The number of allylic oxidation sites excluding steroid dienone is 9. The second-order valence-electron chi connectivity index (χ2n) is 18.9. The Bertz CT molecular complexity index is 1310. The number of esters is 1. The maximum atomic E-state index is 13.0. The van der Waals surface area contributed by atoms with Gasteiger partial charge in [-0.1, -0.05) is 184 Å². The standard InChI is InChI=1S/C57H101NO10/c1-3-5-7-9-11-13-15-24-27-31-35-39-43-50(60)49(48-67-57-56(65)55(64)54(63)51(47-59)68-57)58-52(61)44-40-36-32-28-25-21-19-17-16-18-20-22-26-30-34-38-42-46-66-53(62)45-41-37-33-29-23-14-12-10-8-6-4-2/h9,11,16,18,22,24,26-27,39,43,49-51,54-57,59-60,63-65H,3-8,10,12-15,17,19-21,23,25,28-38,40-42,44-48H2,1-2H3,(H,58,61)/b11-9+,18-16-,26-22-,27-24+,43-39+. The molecule has 1 aliphatic rings. The van der Waals surface area contributed by atoms with E-state index in [1.54, 1.807) is 6.08 Å². The minimum absolute atomic E-state index is 0.0349. The average molecular weight is 960 g/mol. The summed E-state index contributed by atoms with van der Waals surface area (Å²) < 4.78 is 16.6. The lowest BCUT2D eigenvalue weighted by atomic mass is 9.99. The normalized spacial score (nSPS) is 19.9. The zero-order valence-corrected chi connectivity index (χ0v) is 43.0. The summed E-state index contributed by atoms with van der Waals surface area (Å²) in [6, 6.07) is -0.847. The fraction of sp³-hybridized carbons (Fsp3) is 0.789. The molecule has 1 saturated heterocycles. The minimum atomic E-state index is -1.59. The van der Waals surface area contributed by atoms with E-state index in [1.165, 1.54) is 89.9 Å². The van der Waals surface area contributed by atoms with Gasteiger partial charge in [0.2, 0.25) is 5.91 Å². The predicted molar refractivity (Wildman–Crippen MR) is 278 cm³/mol. The molecule has 1 fully saturated rings. The van der Waals surface area contributed by atoms with E-state index in [-0.39, 0.29) is 18.5 Å². The molecule has 0 spiro atoms. The number of aliphatic hydroxyl groups is 5. The van der Waals surface area contributed by atoms with Gasteiger partial charge in [0.1, 0.15) is 24.4 Å². The first-order chi connectivity index (χ1) is 33.2. The van der Waals surface area contributed by atoms with Crippen LogP contribution in [0, 0.1) is 0 Å². The van der Waals surface area contributed by atoms with E-state index in [4.69, 9.17) is 14.2 Å². The molecule has 1 heterocycles. The van der Waals surface area contributed by atoms with Gasteiger partial charge in [-0.05, 0) is 89.9 Å². The molecule has 1 rings (SSSR count). The van der Waals surface area contributed by atoms with Crippen LogP contribution in [0.2, 0.25) is 0 Å². The summed E-state index contributed by atoms with van der Waals surface area (Å²) in [5, 5.41) is 54.2. The number of hydrogen-bond acceptors (Lipinski definition) is 10. The molecule has 394 valence electrons. The van der Waals surface area contributed by atoms with Gasteiger partial charge in [-0.25, -0.2) is 0 Å². The van der Waals surface area contributed by atoms with Crippen molar-refractivity contribution in [2.45, 2.75) is 269 Å². The van der Waals surface area contributed by atoms with E-state index in [0.29, 0.717) is 25.9 Å². The second kappa shape index (κ2) is 46.7. The van der Waals surface area contributed by atoms with Crippen molar-refractivity contribution in [2.24, 2.45) is 0 Å². The molecule has 0 aromatic rings. The quantitative estimate of drug-likeness (QED) is 0.0196. The number of ether oxygens (including phenoxy) is 3. The van der Waals surface area contributed by atoms with Crippen molar-refractivity contribution in [3.8, 4) is 0 Å². The van der Waals surface area contributed by atoms with Crippen LogP contribution in [0.3, 0.4) is 0 Å². The molecule has 68 heavy (non-hydrogen) atoms. The van der Waals surface area contributed by atoms with Gasteiger partial charge in [-0.15, -0.1) is 0 Å². The van der Waals surface area contributed by atoms with Gasteiger partial charge in [0.05, 0.1) is 32.0 Å². The maximum Gasteiger partial charge on any atom is 0.305 e. The van der Waals surface area contributed by atoms with Gasteiger partial charge in [-0.3, -0.25) is 9.59 Å². The van der Waals surface area contributed by atoms with Crippen LogP contribution >= 0.6 is 0 Å². The van der Waals surface area contributed by atoms with Crippen LogP contribution in [0.25, 0.3) is 0 Å². The molecule has 11 nitrogen and oxygen atoms in total. The highest BCUT2D eigenvalue weighted by molar-refractivity contribution is 5.76. The fourth-order valence-electron chi connectivity index (χ4n) is 8.13. The van der Waals surface area contributed by atoms with Crippen LogP contribution in [0.5, 0.6) is 0 Å². The molecule has 11 heteroatoms. The summed E-state index contributed by atoms with van der Waals surface area (Å²) in [7, 11) is 0. The van der Waals surface area contributed by atoms with Crippen LogP contribution in [-0.2, 0) is 23.8 Å². The molecule has 0 bridgehead atoms. The van der Waals surface area contributed by atoms with Crippen molar-refractivity contribution >= 4 is 11.9 Å². The van der Waals surface area contributed by atoms with Gasteiger partial charge in [0.25, 0.3) is 0 Å². The molecular weight excluding hydrogens is 859 g/mol. The van der Waals surface area contributed by atoms with E-state index in [9.17, 15) is 35.1 Å². The van der Waals surface area contributed by atoms with Crippen LogP contribution in [-0.4, -0.2) is 100 Å². The summed E-state index contributed by atoms with van der Waals surface area (Å²) >= 11 is 0. The Balaban J connectivity index is 2.18. The first-order valence-electron chi connectivity index (χ1n) is 27.6. The molecule has 0 aromatic carbocycles. The van der Waals surface area contributed by atoms with Crippen molar-refractivity contribution in [1.82, 2.24) is 5.32 Å². The van der Waals surface area contributed by atoms with E-state index >= 15 is 0 Å². The van der Waals surface area contributed by atoms with E-state index < -0.39 is 49.5 Å². The Hall–Kier alpha value is -2.64. The lowest BCUT2D eigenvalue weighted by molar-refractivity contribution is -0.302. The lowest BCUT2D eigenvalue weighted by Crippen LogP contribution is -2.60. The SMILES string of the molecule is CCCC/C=C/CC/C=C/CC/C=C/C(O)C(COC1OC(CO)C(O)C(O)C1O)NC(=O)CCCCCCCCC/C=C\C/C=C\CCCCCOC(=O)CCCCCCCCCCCCC. The molecular formula is C57H101NO10. The maximum absolute atomic E-state index is 13.0. The Labute approximate surface area is 414 Å². The average Bonchev–Trinajstić information content (AvgIpc) is 3.33. The third kappa shape index (κ3) is 36.3. The summed E-state index contributed by atoms with van der Waals surface area (Å²) in [6.45, 7) is 4.19. The number of rotatable bonds is 46. The summed E-state index contributed by atoms with van der Waals surface area (Å²) in [5.74, 6) is -0.250. The third-order valence-corrected chi connectivity index (χ3v) is 12.6. The van der Waals surface area contributed by atoms with Crippen LogP contribution in [0.4, 0.5) is 0 Å². The van der Waals surface area contributed by atoms with Crippen LogP contribution < -0.4 is 5.32 Å². The van der Waals surface area contributed by atoms with Crippen molar-refractivity contribution in [1.29, 1.82) is 0 Å². The first-order valence-corrected chi connectivity index (χ1v) is 27.6. The number of nitrogens with one attached hydrogen (secondary N) is 1. The van der Waals surface area contributed by atoms with Crippen molar-refractivity contribution in [2.75, 3.05) is 19.8 Å². The van der Waals surface area contributed by atoms with Crippen molar-refractivity contribution in [3.63, 3.8) is 0 Å². The number of unbranched alkanes of at least 4 members (excludes halogenated alkanes) is 24. The summed E-state index contributed by atoms with van der Waals surface area (Å²) in [5.41, 5.74) is 0. The monoisotopic (exact) mass is 960 g/mol. The molecule has 0 radical (unpaired) electrons. The topological polar surface area (TPSA) is 175 Å². The molecule has 7 unspecified atom stereocenters. The van der Waals surface area contributed by atoms with E-state index in [0.717, 1.165) is 103 Å². The zero-order valence-electron chi connectivity index (χ0n) is 43.0. The number of carbonyl (C=O) groups excluding carboxylic acids is 2.